The van der Waals surface area contributed by atoms with Gasteiger partial charge in [-0.15, -0.1) is 0 Å². The molecule has 0 atom stereocenters. The van der Waals surface area contributed by atoms with Gasteiger partial charge in [0.05, 0.1) is 0 Å². The number of hydrogen-bond acceptors (Lipinski definition) is 3. The van der Waals surface area contributed by atoms with Crippen LogP contribution in [0.5, 0.6) is 0 Å². The van der Waals surface area contributed by atoms with Crippen molar-refractivity contribution in [1.82, 2.24) is 5.32 Å². The predicted molar refractivity (Wildman–Crippen MR) is 34.2 cm³/mol. The van der Waals surface area contributed by atoms with Gasteiger partial charge in [0.25, 0.3) is 0 Å². The van der Waals surface area contributed by atoms with Gasteiger partial charge in [0.2, 0.25) is 0 Å². The van der Waals surface area contributed by atoms with Gasteiger partial charge in [-0.3, -0.25) is 5.26 Å². The Labute approximate surface area is 54.3 Å². The van der Waals surface area contributed by atoms with E-state index in [0.29, 0.717) is 6.61 Å². The number of hydrogen-bond donors (Lipinski definition) is 2. The third kappa shape index (κ3) is 2.13. The molecule has 0 saturated carbocycles. The molecule has 0 spiro atoms. The Morgan fingerprint density at radius 2 is 2.67 bits per heavy atom. The van der Waals surface area contributed by atoms with E-state index in [-0.39, 0.29) is 0 Å². The fourth-order valence-electron chi connectivity index (χ4n) is 0.892. The van der Waals surface area contributed by atoms with Crippen LogP contribution in [0.4, 0.5) is 0 Å². The molecule has 0 unspecified atom stereocenters. The molecule has 0 aliphatic carbocycles. The fraction of sp³-hybridized carbons (Fsp3) is 0.667. The van der Waals surface area contributed by atoms with E-state index >= 15 is 0 Å². The largest absolute Gasteiger partial charge is 0.313 e. The van der Waals surface area contributed by atoms with Gasteiger partial charge < -0.3 is 5.32 Å². The lowest BCUT2D eigenvalue weighted by Gasteiger charge is -2.11. The molecule has 1 aliphatic heterocycles. The summed E-state index contributed by atoms with van der Waals surface area (Å²) in [6, 6.07) is 0. The normalized spacial score (nSPS) is 19.4. The first kappa shape index (κ1) is 6.74. The quantitative estimate of drug-likeness (QED) is 0.322. The minimum atomic E-state index is 0.340. The maximum Gasteiger partial charge on any atom is 0.104 e. The molecule has 0 aromatic carbocycles. The summed E-state index contributed by atoms with van der Waals surface area (Å²) in [5, 5.41) is 11.2. The molecule has 9 heavy (non-hydrogen) atoms. The van der Waals surface area contributed by atoms with Gasteiger partial charge in [0.1, 0.15) is 6.61 Å². The first-order valence-corrected chi connectivity index (χ1v) is 3.08. The van der Waals surface area contributed by atoms with Gasteiger partial charge in [0.15, 0.2) is 0 Å². The van der Waals surface area contributed by atoms with Crippen LogP contribution in [-0.2, 0) is 4.89 Å². The van der Waals surface area contributed by atoms with Crippen LogP contribution in [0.15, 0.2) is 11.6 Å². The van der Waals surface area contributed by atoms with E-state index in [0.717, 1.165) is 25.1 Å². The van der Waals surface area contributed by atoms with Gasteiger partial charge in [-0.1, -0.05) is 6.08 Å². The maximum atomic E-state index is 8.05. The van der Waals surface area contributed by atoms with Crippen molar-refractivity contribution < 1.29 is 10.1 Å². The molecular formula is C6H11NO2. The minimum Gasteiger partial charge on any atom is -0.313 e. The van der Waals surface area contributed by atoms with Crippen molar-refractivity contribution in [1.29, 1.82) is 0 Å². The zero-order valence-corrected chi connectivity index (χ0v) is 5.26. The van der Waals surface area contributed by atoms with Crippen LogP contribution in [-0.4, -0.2) is 25.0 Å². The molecule has 52 valence electrons. The van der Waals surface area contributed by atoms with Crippen molar-refractivity contribution in [3.8, 4) is 0 Å². The Kier molecular flexibility index (Phi) is 2.70. The SMILES string of the molecule is OOCC1=CCCNC1. The van der Waals surface area contributed by atoms with Crippen LogP contribution in [0.3, 0.4) is 0 Å². The van der Waals surface area contributed by atoms with Crippen molar-refractivity contribution in [3.05, 3.63) is 11.6 Å². The molecule has 3 nitrogen and oxygen atoms in total. The van der Waals surface area contributed by atoms with Crippen molar-refractivity contribution in [2.24, 2.45) is 0 Å². The first-order valence-electron chi connectivity index (χ1n) is 3.08. The van der Waals surface area contributed by atoms with Gasteiger partial charge in [-0.05, 0) is 18.5 Å². The highest BCUT2D eigenvalue weighted by Gasteiger charge is 2.00. The van der Waals surface area contributed by atoms with Gasteiger partial charge in [-0.2, -0.15) is 0 Å². The summed E-state index contributed by atoms with van der Waals surface area (Å²) < 4.78 is 0. The molecule has 0 bridgehead atoms. The van der Waals surface area contributed by atoms with Crippen molar-refractivity contribution in [2.45, 2.75) is 6.42 Å². The summed E-state index contributed by atoms with van der Waals surface area (Å²) in [4.78, 5) is 3.97. The summed E-state index contributed by atoms with van der Waals surface area (Å²) in [6.07, 6.45) is 3.13. The summed E-state index contributed by atoms with van der Waals surface area (Å²) >= 11 is 0. The van der Waals surface area contributed by atoms with Gasteiger partial charge >= 0.3 is 0 Å². The predicted octanol–water partition coefficient (Wildman–Crippen LogP) is 0.396. The average molecular weight is 129 g/mol. The molecule has 0 aromatic rings. The Morgan fingerprint density at radius 3 is 3.22 bits per heavy atom. The molecule has 2 N–H and O–H groups in total. The first-order chi connectivity index (χ1) is 4.43. The third-order valence-electron chi connectivity index (χ3n) is 1.36. The van der Waals surface area contributed by atoms with E-state index in [9.17, 15) is 0 Å². The molecule has 1 heterocycles. The minimum absolute atomic E-state index is 0.340. The highest BCUT2D eigenvalue weighted by molar-refractivity contribution is 5.07. The fourth-order valence-corrected chi connectivity index (χ4v) is 0.892. The number of rotatable bonds is 2. The summed E-state index contributed by atoms with van der Waals surface area (Å²) in [5.74, 6) is 0. The highest BCUT2D eigenvalue weighted by Crippen LogP contribution is 1.99. The Balaban J connectivity index is 2.28. The van der Waals surface area contributed by atoms with E-state index in [4.69, 9.17) is 5.26 Å². The van der Waals surface area contributed by atoms with E-state index in [1.165, 1.54) is 0 Å². The molecule has 0 amide bonds. The topological polar surface area (TPSA) is 41.5 Å². The van der Waals surface area contributed by atoms with Crippen LogP contribution in [0, 0.1) is 0 Å². The monoisotopic (exact) mass is 129 g/mol. The molecule has 0 aromatic heterocycles. The average Bonchev–Trinajstić information content (AvgIpc) is 1.91. The summed E-state index contributed by atoms with van der Waals surface area (Å²) in [6.45, 7) is 2.22. The van der Waals surface area contributed by atoms with E-state index in [1.807, 2.05) is 0 Å². The molecule has 1 rings (SSSR count). The standard InChI is InChI=1S/C6H11NO2/c8-9-5-6-2-1-3-7-4-6/h2,7-8H,1,3-5H2. The van der Waals surface area contributed by atoms with E-state index in [2.05, 4.69) is 16.3 Å². The van der Waals surface area contributed by atoms with Crippen molar-refractivity contribution in [2.75, 3.05) is 19.7 Å². The van der Waals surface area contributed by atoms with Crippen LogP contribution >= 0.6 is 0 Å². The second kappa shape index (κ2) is 3.61. The van der Waals surface area contributed by atoms with Gasteiger partial charge in [0, 0.05) is 6.54 Å². The molecule has 0 radical (unpaired) electrons. The third-order valence-corrected chi connectivity index (χ3v) is 1.36. The second-order valence-electron chi connectivity index (χ2n) is 2.10. The van der Waals surface area contributed by atoms with Crippen molar-refractivity contribution >= 4 is 0 Å². The molecule has 0 saturated heterocycles. The number of nitrogens with one attached hydrogen (secondary N) is 1. The smallest absolute Gasteiger partial charge is 0.104 e. The van der Waals surface area contributed by atoms with Gasteiger partial charge in [-0.25, -0.2) is 4.89 Å². The zero-order valence-electron chi connectivity index (χ0n) is 5.26. The summed E-state index contributed by atoms with van der Waals surface area (Å²) in [7, 11) is 0. The lowest BCUT2D eigenvalue weighted by Crippen LogP contribution is -2.23. The van der Waals surface area contributed by atoms with Crippen LogP contribution in [0.1, 0.15) is 6.42 Å². The van der Waals surface area contributed by atoms with Crippen molar-refractivity contribution in [3.63, 3.8) is 0 Å². The molecular weight excluding hydrogens is 118 g/mol. The Bertz CT molecular complexity index is 112. The zero-order chi connectivity index (χ0) is 6.53. The van der Waals surface area contributed by atoms with E-state index < -0.39 is 0 Å². The van der Waals surface area contributed by atoms with E-state index in [1.54, 1.807) is 0 Å². The second-order valence-corrected chi connectivity index (χ2v) is 2.10. The Hall–Kier alpha value is -0.380. The van der Waals surface area contributed by atoms with Crippen LogP contribution < -0.4 is 5.32 Å². The lowest BCUT2D eigenvalue weighted by atomic mass is 10.2. The lowest BCUT2D eigenvalue weighted by molar-refractivity contribution is -0.234. The van der Waals surface area contributed by atoms with Crippen LogP contribution in [0.2, 0.25) is 0 Å². The highest BCUT2D eigenvalue weighted by atomic mass is 17.1. The molecule has 0 fully saturated rings. The maximum absolute atomic E-state index is 8.05. The Morgan fingerprint density at radius 1 is 1.78 bits per heavy atom. The van der Waals surface area contributed by atoms with Crippen LogP contribution in [0.25, 0.3) is 0 Å². The molecule has 3 heteroatoms. The molecule has 1 aliphatic rings. The summed E-state index contributed by atoms with van der Waals surface area (Å²) in [5.41, 5.74) is 1.13.